The number of amides is 1. The summed E-state index contributed by atoms with van der Waals surface area (Å²) in [6.07, 6.45) is 7.21. The Bertz CT molecular complexity index is 2240. The Morgan fingerprint density at radius 2 is 1.80 bits per heavy atom. The van der Waals surface area contributed by atoms with Gasteiger partial charge in [0.2, 0.25) is 10.3 Å². The van der Waals surface area contributed by atoms with E-state index in [0.29, 0.717) is 49.9 Å². The minimum absolute atomic E-state index is 0.00119. The first-order valence-corrected chi connectivity index (χ1v) is 16.6. The summed E-state index contributed by atoms with van der Waals surface area (Å²) in [4.78, 5) is 26.8. The molecule has 3 aliphatic rings. The van der Waals surface area contributed by atoms with Crippen LogP contribution in [0.5, 0.6) is 11.5 Å². The molecule has 3 aromatic carbocycles. The minimum Gasteiger partial charge on any atom is -0.744 e. The number of carboxylic acids is 1. The highest BCUT2D eigenvalue weighted by Crippen LogP contribution is 2.47. The van der Waals surface area contributed by atoms with E-state index in [9.17, 15) is 40.6 Å². The number of nitrogens with one attached hydrogen (secondary N) is 3. The van der Waals surface area contributed by atoms with Crippen molar-refractivity contribution in [2.75, 3.05) is 25.0 Å². The molecule has 45 heavy (non-hydrogen) atoms. The Morgan fingerprint density at radius 3 is 2.49 bits per heavy atom. The smallest absolute Gasteiger partial charge is 0.336 e. The van der Waals surface area contributed by atoms with Crippen molar-refractivity contribution in [3.63, 3.8) is 0 Å². The molecular weight excluding hydrogens is 626 g/mol. The van der Waals surface area contributed by atoms with Crippen LogP contribution in [0.15, 0.2) is 40.1 Å². The molecule has 0 saturated heterocycles. The van der Waals surface area contributed by atoms with Gasteiger partial charge in [0.1, 0.15) is 21.6 Å². The average Bonchev–Trinajstić information content (AvgIpc) is 2.98. The van der Waals surface area contributed by atoms with Gasteiger partial charge in [0, 0.05) is 40.4 Å². The van der Waals surface area contributed by atoms with E-state index < -0.39 is 53.4 Å². The van der Waals surface area contributed by atoms with Crippen molar-refractivity contribution < 1.29 is 50.4 Å². The van der Waals surface area contributed by atoms with Gasteiger partial charge in [0.15, 0.2) is 11.5 Å². The second-order valence-electron chi connectivity index (χ2n) is 10.7. The van der Waals surface area contributed by atoms with Crippen molar-refractivity contribution in [1.82, 2.24) is 5.32 Å². The summed E-state index contributed by atoms with van der Waals surface area (Å²) in [7, 11) is -10.3. The normalized spacial score (nSPS) is 15.1. The van der Waals surface area contributed by atoms with Gasteiger partial charge in [-0.2, -0.15) is 8.42 Å². The highest BCUT2D eigenvalue weighted by Gasteiger charge is 2.37. The van der Waals surface area contributed by atoms with Gasteiger partial charge >= 0.3 is 16.1 Å². The van der Waals surface area contributed by atoms with Crippen LogP contribution in [-0.2, 0) is 33.1 Å². The summed E-state index contributed by atoms with van der Waals surface area (Å²) in [5, 5.41) is 15.8. The lowest BCUT2D eigenvalue weighted by Gasteiger charge is -2.30. The van der Waals surface area contributed by atoms with Crippen LogP contribution in [0.3, 0.4) is 0 Å². The molecule has 5 N–H and O–H groups in total. The van der Waals surface area contributed by atoms with Gasteiger partial charge in [0.25, 0.3) is 5.91 Å². The fourth-order valence-corrected chi connectivity index (χ4v) is 7.74. The lowest BCUT2D eigenvalue weighted by atomic mass is 9.86. The first-order valence-electron chi connectivity index (χ1n) is 13.8. The van der Waals surface area contributed by atoms with E-state index >= 15 is 0 Å². The van der Waals surface area contributed by atoms with Gasteiger partial charge in [-0.15, -0.1) is 6.42 Å². The van der Waals surface area contributed by atoms with Crippen molar-refractivity contribution in [3.8, 4) is 23.8 Å². The first kappa shape index (κ1) is 30.3. The van der Waals surface area contributed by atoms with Crippen molar-refractivity contribution in [2.45, 2.75) is 35.5 Å². The summed E-state index contributed by atoms with van der Waals surface area (Å²) in [6, 6.07) is 6.95. The Hall–Kier alpha value is -4.75. The zero-order valence-electron chi connectivity index (χ0n) is 23.4. The standard InChI is InChI=1S/C30H25N3O10S2/c1-2-9-33-29(34)17-7-8-18(19(14-17)30(35)36)22-20-12-15-5-3-10-31-23(15)27(44(37,38)39)25(20)43-26-21(22)13-16-6-4-11-32-24(16)28(26)45(40,41)42/h1,7-8,12-14,31H,3-6,9-11H2,(H,33,34)(H,35,36)(H,37,38,39)(H,40,41,42). The van der Waals surface area contributed by atoms with Crippen LogP contribution in [0.1, 0.15) is 55.8 Å². The summed E-state index contributed by atoms with van der Waals surface area (Å²) in [5.74, 6) is -0.849. The largest absolute Gasteiger partial charge is 0.744 e. The lowest BCUT2D eigenvalue weighted by Crippen LogP contribution is -2.80. The van der Waals surface area contributed by atoms with Gasteiger partial charge in [-0.05, 0) is 54.7 Å². The molecule has 0 unspecified atom stereocenters. The van der Waals surface area contributed by atoms with E-state index in [1.165, 1.54) is 12.1 Å². The number of ether oxygens (including phenoxy) is 1. The Balaban J connectivity index is 1.82. The van der Waals surface area contributed by atoms with Crippen LogP contribution in [0.4, 0.5) is 5.69 Å². The number of carbonyl (C=O) groups is 2. The third-order valence-electron chi connectivity index (χ3n) is 7.87. The molecule has 0 aliphatic carbocycles. The molecule has 0 fully saturated rings. The molecule has 0 aromatic heterocycles. The minimum atomic E-state index is -5.28. The van der Waals surface area contributed by atoms with E-state index in [0.717, 1.165) is 6.07 Å². The Labute approximate surface area is 257 Å². The fraction of sp³-hybridized carbons (Fsp3) is 0.233. The fourth-order valence-electron chi connectivity index (χ4n) is 6.06. The van der Waals surface area contributed by atoms with Crippen LogP contribution in [0.2, 0.25) is 0 Å². The van der Waals surface area contributed by atoms with Crippen molar-refractivity contribution in [1.29, 1.82) is 0 Å². The van der Waals surface area contributed by atoms with E-state index in [1.807, 2.05) is 0 Å². The SMILES string of the molecule is C#CCNC(=O)c1ccc(C2=c3cc4c(c(S(=O)(=O)O)c3Oc3c2cc2c(c3S(=O)(=O)[O-])NCCC2)=[NH+]CCC4)c(C(=O)O)c1. The zero-order valence-corrected chi connectivity index (χ0v) is 25.0. The van der Waals surface area contributed by atoms with E-state index in [4.69, 9.17) is 11.2 Å². The van der Waals surface area contributed by atoms with Gasteiger partial charge in [0.05, 0.1) is 17.8 Å². The lowest BCUT2D eigenvalue weighted by molar-refractivity contribution is -0.507. The Kier molecular flexibility index (Phi) is 7.40. The molecule has 0 atom stereocenters. The predicted molar refractivity (Wildman–Crippen MR) is 156 cm³/mol. The molecule has 6 rings (SSSR count). The Morgan fingerprint density at radius 1 is 1.04 bits per heavy atom. The number of carbonyl (C=O) groups excluding carboxylic acids is 1. The average molecular weight is 652 g/mol. The van der Waals surface area contributed by atoms with Crippen LogP contribution in [0, 0.1) is 12.3 Å². The number of carboxylic acid groups (broad SMARTS) is 1. The molecule has 15 heteroatoms. The number of rotatable bonds is 6. The molecule has 3 aromatic rings. The second kappa shape index (κ2) is 11.0. The van der Waals surface area contributed by atoms with E-state index in [2.05, 4.69) is 21.5 Å². The molecule has 1 amide bonds. The third kappa shape index (κ3) is 5.21. The van der Waals surface area contributed by atoms with Crippen LogP contribution < -0.4 is 30.9 Å². The molecule has 0 spiro atoms. The number of aryl methyl sites for hydroxylation is 2. The van der Waals surface area contributed by atoms with Crippen LogP contribution >= 0.6 is 0 Å². The monoisotopic (exact) mass is 651 g/mol. The van der Waals surface area contributed by atoms with Crippen molar-refractivity contribution in [2.24, 2.45) is 0 Å². The molecule has 0 radical (unpaired) electrons. The molecule has 0 saturated carbocycles. The van der Waals surface area contributed by atoms with Gasteiger partial charge in [-0.1, -0.05) is 12.0 Å². The second-order valence-corrected chi connectivity index (χ2v) is 13.3. The number of anilines is 1. The summed E-state index contributed by atoms with van der Waals surface area (Å²) < 4.78 is 80.7. The first-order chi connectivity index (χ1) is 21.3. The molecular formula is C30H25N3O10S2. The number of fused-ring (bicyclic) bond motifs is 4. The number of terminal acetylenes is 1. The highest BCUT2D eigenvalue weighted by atomic mass is 32.2. The number of aromatic carboxylic acids is 1. The quantitative estimate of drug-likeness (QED) is 0.129. The molecule has 232 valence electrons. The van der Waals surface area contributed by atoms with Crippen LogP contribution in [0.25, 0.3) is 5.57 Å². The number of hydrogen-bond donors (Lipinski definition) is 5. The molecule has 3 heterocycles. The maximum absolute atomic E-state index is 12.9. The number of hydrogen-bond acceptors (Lipinski definition) is 9. The summed E-state index contributed by atoms with van der Waals surface area (Å²) in [5.41, 5.74) is 0.554. The topological polar surface area (TPSA) is 213 Å². The van der Waals surface area contributed by atoms with Gasteiger partial charge < -0.3 is 25.0 Å². The van der Waals surface area contributed by atoms with Crippen molar-refractivity contribution in [3.05, 3.63) is 74.3 Å². The maximum atomic E-state index is 12.9. The van der Waals surface area contributed by atoms with E-state index in [1.54, 1.807) is 12.1 Å². The molecule has 0 bridgehead atoms. The maximum Gasteiger partial charge on any atom is 0.336 e. The third-order valence-corrected chi connectivity index (χ3v) is 9.66. The summed E-state index contributed by atoms with van der Waals surface area (Å²) in [6.45, 7) is 0.606. The number of benzene rings is 3. The van der Waals surface area contributed by atoms with E-state index in [-0.39, 0.29) is 50.6 Å². The summed E-state index contributed by atoms with van der Waals surface area (Å²) >= 11 is 0. The van der Waals surface area contributed by atoms with Crippen LogP contribution in [-0.4, -0.2) is 62.6 Å². The zero-order chi connectivity index (χ0) is 32.3. The molecule has 13 nitrogen and oxygen atoms in total. The highest BCUT2D eigenvalue weighted by molar-refractivity contribution is 7.86. The predicted octanol–water partition coefficient (Wildman–Crippen LogP) is -0.744. The van der Waals surface area contributed by atoms with Crippen molar-refractivity contribution >= 4 is 43.4 Å². The molecule has 3 aliphatic heterocycles. The van der Waals surface area contributed by atoms with Gasteiger partial charge in [-0.25, -0.2) is 18.2 Å². The van der Waals surface area contributed by atoms with Gasteiger partial charge in [-0.3, -0.25) is 9.35 Å².